The van der Waals surface area contributed by atoms with Crippen LogP contribution in [0, 0.1) is 29.5 Å². The van der Waals surface area contributed by atoms with Crippen LogP contribution in [0.15, 0.2) is 48.8 Å². The molecule has 10 unspecified atom stereocenters. The Balaban J connectivity index is 0.000000142. The Morgan fingerprint density at radius 1 is 0.241 bits per heavy atom. The van der Waals surface area contributed by atoms with Crippen molar-refractivity contribution >= 4 is 35.3 Å². The van der Waals surface area contributed by atoms with Gasteiger partial charge in [0.05, 0.1) is 33.0 Å². The molecule has 766 valence electrons. The van der Waals surface area contributed by atoms with E-state index in [0.717, 1.165) is 152 Å². The predicted molar refractivity (Wildman–Crippen MR) is 565 cm³/mol. The van der Waals surface area contributed by atoms with Gasteiger partial charge in [-0.05, 0) is 392 Å². The fourth-order valence-corrected chi connectivity index (χ4v) is 27.4. The quantitative estimate of drug-likeness (QED) is 0.225. The number of ether oxygens (including phenoxy) is 4. The molecule has 0 amide bonds. The van der Waals surface area contributed by atoms with Crippen LogP contribution in [-0.2, 0) is 18.9 Å². The van der Waals surface area contributed by atoms with E-state index in [9.17, 15) is 4.39 Å². The van der Waals surface area contributed by atoms with E-state index in [0.29, 0.717) is 11.8 Å². The lowest BCUT2D eigenvalue weighted by atomic mass is 9.81. The Morgan fingerprint density at radius 3 is 0.977 bits per heavy atom. The lowest BCUT2D eigenvalue weighted by Gasteiger charge is -2.41. The summed E-state index contributed by atoms with van der Waals surface area (Å²) in [6.07, 6.45) is 38.2. The number of likely N-dealkylation sites (tertiary alicyclic amines) is 10. The van der Waals surface area contributed by atoms with Gasteiger partial charge in [0.25, 0.3) is 0 Å². The van der Waals surface area contributed by atoms with Gasteiger partial charge in [-0.1, -0.05) is 18.2 Å². The number of halogens is 1. The molecule has 22 nitrogen and oxygen atoms in total. The van der Waals surface area contributed by atoms with E-state index in [1.807, 2.05) is 30.6 Å². The van der Waals surface area contributed by atoms with Crippen molar-refractivity contribution in [2.45, 2.75) is 209 Å². The number of piperazine rings is 1. The fourth-order valence-electron chi connectivity index (χ4n) is 24.5. The molecule has 0 N–H and O–H groups in total. The zero-order valence-corrected chi connectivity index (χ0v) is 89.4. The Labute approximate surface area is 827 Å². The zero-order chi connectivity index (χ0) is 93.4. The summed E-state index contributed by atoms with van der Waals surface area (Å²) in [7, 11) is 24.6. The van der Waals surface area contributed by atoms with Crippen molar-refractivity contribution < 1.29 is 23.3 Å². The first-order chi connectivity index (χ1) is 64.9. The molecule has 18 aliphatic heterocycles. The van der Waals surface area contributed by atoms with E-state index in [1.165, 1.54) is 389 Å². The highest BCUT2D eigenvalue weighted by atomic mass is 32.2. The van der Waals surface area contributed by atoms with Crippen LogP contribution in [0.3, 0.4) is 0 Å². The summed E-state index contributed by atoms with van der Waals surface area (Å²) in [5.41, 5.74) is 2.67. The first-order valence-electron chi connectivity index (χ1n) is 54.6. The van der Waals surface area contributed by atoms with Crippen LogP contribution < -0.4 is 0 Å². The molecule has 10 atom stereocenters. The first kappa shape index (κ1) is 112. The molecule has 18 aliphatic rings. The van der Waals surface area contributed by atoms with Gasteiger partial charge in [-0.25, -0.2) is 4.39 Å². The maximum Gasteiger partial charge on any atom is 0.123 e. The number of likely N-dealkylation sites (N-methyl/N-ethyl adjacent to an activating group) is 9. The van der Waals surface area contributed by atoms with Crippen LogP contribution in [0.25, 0.3) is 0 Å². The minimum absolute atomic E-state index is 0.141. The minimum atomic E-state index is -0.141. The first-order valence-corrected chi connectivity index (χ1v) is 58.0. The van der Waals surface area contributed by atoms with Crippen LogP contribution in [0.5, 0.6) is 0 Å². The Morgan fingerprint density at radius 2 is 0.571 bits per heavy atom. The molecule has 1 aromatic carbocycles. The van der Waals surface area contributed by atoms with E-state index in [-0.39, 0.29) is 5.82 Å². The molecule has 20 rings (SSSR count). The zero-order valence-electron chi connectivity index (χ0n) is 87.0. The van der Waals surface area contributed by atoms with Gasteiger partial charge >= 0.3 is 0 Å². The van der Waals surface area contributed by atoms with Gasteiger partial charge < -0.3 is 72.8 Å². The Kier molecular flexibility index (Phi) is 54.7. The Bertz CT molecular complexity index is 3020. The number of pyridine rings is 1. The molecule has 19 heterocycles. The second kappa shape index (κ2) is 65.0. The molecule has 0 radical (unpaired) electrons. The summed E-state index contributed by atoms with van der Waals surface area (Å²) >= 11 is 6.39. The summed E-state index contributed by atoms with van der Waals surface area (Å²) in [5.74, 6) is 13.4. The van der Waals surface area contributed by atoms with Crippen molar-refractivity contribution in [2.75, 3.05) is 387 Å². The normalized spacial score (nSPS) is 31.5. The van der Waals surface area contributed by atoms with E-state index >= 15 is 0 Å². The van der Waals surface area contributed by atoms with Gasteiger partial charge in [0.15, 0.2) is 0 Å². The molecule has 18 fully saturated rings. The highest BCUT2D eigenvalue weighted by molar-refractivity contribution is 7.99. The van der Waals surface area contributed by atoms with Crippen LogP contribution in [0.1, 0.15) is 183 Å². The molecule has 0 aliphatic carbocycles. The number of piperidine rings is 9. The maximum atomic E-state index is 12.7. The molecule has 26 heteroatoms. The predicted octanol–water partition coefficient (Wildman–Crippen LogP) is 13.0. The molecule has 0 saturated carbocycles. The number of benzene rings is 1. The maximum absolute atomic E-state index is 12.7. The van der Waals surface area contributed by atoms with Crippen molar-refractivity contribution in [3.8, 4) is 0 Å². The minimum Gasteiger partial charge on any atom is -0.381 e. The number of aromatic nitrogens is 1. The second-order valence-electron chi connectivity index (χ2n) is 43.6. The van der Waals surface area contributed by atoms with Gasteiger partial charge in [-0.3, -0.25) is 34.4 Å². The molecular weight excluding hydrogens is 1720 g/mol. The van der Waals surface area contributed by atoms with Crippen molar-refractivity contribution in [3.05, 3.63) is 65.7 Å². The summed E-state index contributed by atoms with van der Waals surface area (Å²) in [6.45, 7) is 50.3. The third-order valence-corrected chi connectivity index (χ3v) is 35.6. The largest absolute Gasteiger partial charge is 0.381 e. The fraction of sp³-hybridized carbons (Fsp3) is 0.897. The SMILES string of the molecule is CN1CCC(N2CCOCC2)C1.CN1CCCC(C2CCOCC2)C1.CN1CCCC(C2CCSCC2)C1.CN1CCCC(N2CCCOCC2)C1.CN1CCCC(N2CCCSCC2)C1.CN1CCCC(N2CCOCC2)C1.CN1CCCC(N2CCSCC2)C1.CN1CCCC(c2ccc(F)cc2)C1.CN1CCCC(c2cccnc2)C1.CN1CCN(C2CCCN(C)C2)CC1. The molecule has 18 saturated heterocycles. The average molecular weight is 1920 g/mol. The molecule has 2 aromatic rings. The third kappa shape index (κ3) is 43.1. The van der Waals surface area contributed by atoms with Crippen molar-refractivity contribution in [2.24, 2.45) is 23.7 Å². The Hall–Kier alpha value is -1.49. The van der Waals surface area contributed by atoms with E-state index in [1.54, 1.807) is 12.1 Å². The number of rotatable bonds is 10. The summed E-state index contributed by atoms with van der Waals surface area (Å²) in [5, 5.41) is 0. The number of hydrogen-bond donors (Lipinski definition) is 0. The molecule has 0 bridgehead atoms. The van der Waals surface area contributed by atoms with Gasteiger partial charge in [0.2, 0.25) is 0 Å². The lowest BCUT2D eigenvalue weighted by Crippen LogP contribution is -2.53. The lowest BCUT2D eigenvalue weighted by molar-refractivity contribution is 0.000428. The number of nitrogens with zero attached hydrogens (tertiary/aromatic N) is 18. The molecule has 0 spiro atoms. The number of hydrogen-bond acceptors (Lipinski definition) is 25. The van der Waals surface area contributed by atoms with Crippen LogP contribution in [0.2, 0.25) is 0 Å². The third-order valence-electron chi connectivity index (χ3n) is 32.6. The molecular formula is C107H199FN18O4S3. The van der Waals surface area contributed by atoms with Crippen LogP contribution in [-0.4, -0.2) is 512 Å². The standard InChI is InChI=1S/C12H16FN.C11H23N3.C11H22N2O.C11H22N2S.C11H16N2.C11H21NO.C11H21NS.C10H20N2O.C10H20N2S.C9H18N2O/c1-14-8-2-3-11(9-14)10-4-6-12(13)7-5-10;1-12-6-8-14(9-7-12)11-4-3-5-13(2)10-11;2*1-12-5-2-4-11(10-12)13-6-3-8-14-9-7-13;1-13-7-3-5-11(9-13)10-4-2-6-12-8-10;2*1-12-6-2-3-11(9-12)10-4-7-13-8-5-10;2*1-11-4-2-3-10(9-11)12-5-7-13-8-6-12;1-10-3-2-9(8-10)11-4-6-12-7-5-11/h4-7,11H,2-3,8-9H2,1H3;11H,3-10H2,1-2H3;2*11H,2-10H2,1H3;2,4,6,8,11H,3,5,7,9H2,1H3;2*10-11H,2-9H2,1H3;2*10H,2-9H2,1H3;9H,2-8H2,1H3. The number of morpholine rings is 2. The smallest absolute Gasteiger partial charge is 0.123 e. The topological polar surface area (TPSA) is 105 Å². The van der Waals surface area contributed by atoms with Crippen molar-refractivity contribution in [1.82, 2.24) is 88.3 Å². The second-order valence-corrected chi connectivity index (χ2v) is 47.2. The van der Waals surface area contributed by atoms with Crippen molar-refractivity contribution in [3.63, 3.8) is 0 Å². The van der Waals surface area contributed by atoms with Gasteiger partial charge in [0, 0.05) is 236 Å². The van der Waals surface area contributed by atoms with E-state index in [2.05, 4.69) is 207 Å². The van der Waals surface area contributed by atoms with Gasteiger partial charge in [-0.15, -0.1) is 0 Å². The van der Waals surface area contributed by atoms with E-state index < -0.39 is 0 Å². The summed E-state index contributed by atoms with van der Waals surface area (Å²) < 4.78 is 34.3. The summed E-state index contributed by atoms with van der Waals surface area (Å²) in [6, 6.07) is 16.1. The van der Waals surface area contributed by atoms with Crippen LogP contribution in [0.4, 0.5) is 4.39 Å². The molecule has 133 heavy (non-hydrogen) atoms. The highest BCUT2D eigenvalue weighted by Gasteiger charge is 2.34. The average Bonchev–Trinajstić information content (AvgIpc) is 1.66. The highest BCUT2D eigenvalue weighted by Crippen LogP contribution is 2.36. The van der Waals surface area contributed by atoms with E-state index in [4.69, 9.17) is 18.9 Å². The van der Waals surface area contributed by atoms with Gasteiger partial charge in [-0.2, -0.15) is 35.3 Å². The van der Waals surface area contributed by atoms with Crippen LogP contribution >= 0.6 is 35.3 Å². The monoisotopic (exact) mass is 1920 g/mol. The van der Waals surface area contributed by atoms with Gasteiger partial charge in [0.1, 0.15) is 5.82 Å². The molecule has 1 aromatic heterocycles. The number of thioether (sulfide) groups is 3. The van der Waals surface area contributed by atoms with Crippen molar-refractivity contribution in [1.29, 1.82) is 0 Å². The summed E-state index contributed by atoms with van der Waals surface area (Å²) in [4.78, 5) is 47.1.